The van der Waals surface area contributed by atoms with Gasteiger partial charge < -0.3 is 5.32 Å². The number of rotatable bonds is 2. The number of hydrogen-bond donors (Lipinski definition) is 1. The minimum Gasteiger partial charge on any atom is -0.314 e. The van der Waals surface area contributed by atoms with E-state index in [1.807, 2.05) is 13.8 Å². The molecule has 1 aromatic carbocycles. The molecule has 3 fully saturated rings. The van der Waals surface area contributed by atoms with Gasteiger partial charge in [-0.2, -0.15) is 0 Å². The Kier molecular flexibility index (Phi) is 4.61. The van der Waals surface area contributed by atoms with Crippen LogP contribution in [-0.2, 0) is 6.42 Å². The third kappa shape index (κ3) is 3.10. The summed E-state index contributed by atoms with van der Waals surface area (Å²) in [6.07, 6.45) is 5.56. The molecule has 3 atom stereocenters. The lowest BCUT2D eigenvalue weighted by Crippen LogP contribution is -2.49. The van der Waals surface area contributed by atoms with Crippen molar-refractivity contribution in [2.45, 2.75) is 45.6 Å². The van der Waals surface area contributed by atoms with Crippen molar-refractivity contribution in [2.75, 3.05) is 6.54 Å². The van der Waals surface area contributed by atoms with E-state index >= 15 is 0 Å². The van der Waals surface area contributed by atoms with Crippen LogP contribution in [0.2, 0.25) is 0 Å². The number of benzene rings is 1. The van der Waals surface area contributed by atoms with Crippen LogP contribution in [-0.4, -0.2) is 12.6 Å². The lowest BCUT2D eigenvalue weighted by molar-refractivity contribution is 0.132. The highest BCUT2D eigenvalue weighted by Crippen LogP contribution is 2.36. The molecule has 0 spiro atoms. The van der Waals surface area contributed by atoms with Crippen LogP contribution >= 0.6 is 0 Å². The summed E-state index contributed by atoms with van der Waals surface area (Å²) >= 11 is 0. The molecular weight excluding hydrogens is 206 g/mol. The van der Waals surface area contributed by atoms with Crippen LogP contribution in [0, 0.1) is 11.8 Å². The number of hydrogen-bond acceptors (Lipinski definition) is 1. The Morgan fingerprint density at radius 3 is 2.41 bits per heavy atom. The van der Waals surface area contributed by atoms with Crippen LogP contribution in [0.5, 0.6) is 0 Å². The Balaban J connectivity index is 0.000000514. The molecule has 0 radical (unpaired) electrons. The van der Waals surface area contributed by atoms with E-state index in [9.17, 15) is 0 Å². The van der Waals surface area contributed by atoms with Crippen molar-refractivity contribution in [3.63, 3.8) is 0 Å². The Labute approximate surface area is 106 Å². The molecule has 2 heterocycles. The molecule has 0 aromatic heterocycles. The lowest BCUT2D eigenvalue weighted by Gasteiger charge is -2.43. The van der Waals surface area contributed by atoms with Gasteiger partial charge in [0.1, 0.15) is 0 Å². The van der Waals surface area contributed by atoms with E-state index in [0.29, 0.717) is 0 Å². The van der Waals surface area contributed by atoms with Crippen molar-refractivity contribution in [1.29, 1.82) is 0 Å². The van der Waals surface area contributed by atoms with Crippen molar-refractivity contribution in [2.24, 2.45) is 11.8 Å². The molecule has 0 amide bonds. The SMILES string of the molecule is CC.c1ccc(C[C@@H]2CC3CCC2CN3)cc1. The molecule has 1 nitrogen and oxygen atoms in total. The molecule has 17 heavy (non-hydrogen) atoms. The zero-order valence-corrected chi connectivity index (χ0v) is 11.2. The normalized spacial score (nSPS) is 30.6. The minimum atomic E-state index is 0.823. The zero-order valence-electron chi connectivity index (χ0n) is 11.2. The fraction of sp³-hybridized carbons (Fsp3) is 0.625. The summed E-state index contributed by atoms with van der Waals surface area (Å²) in [5, 5.41) is 3.63. The summed E-state index contributed by atoms with van der Waals surface area (Å²) < 4.78 is 0. The Hall–Kier alpha value is -0.820. The molecule has 94 valence electrons. The second kappa shape index (κ2) is 6.20. The van der Waals surface area contributed by atoms with Crippen LogP contribution in [0.1, 0.15) is 38.7 Å². The highest BCUT2D eigenvalue weighted by molar-refractivity contribution is 5.16. The Morgan fingerprint density at radius 1 is 1.12 bits per heavy atom. The third-order valence-electron chi connectivity index (χ3n) is 4.15. The summed E-state index contributed by atoms with van der Waals surface area (Å²) in [6.45, 7) is 5.27. The van der Waals surface area contributed by atoms with E-state index in [2.05, 4.69) is 35.6 Å². The van der Waals surface area contributed by atoms with Gasteiger partial charge in [0.15, 0.2) is 0 Å². The predicted octanol–water partition coefficient (Wildman–Crippen LogP) is 3.64. The quantitative estimate of drug-likeness (QED) is 0.819. The monoisotopic (exact) mass is 231 g/mol. The van der Waals surface area contributed by atoms with E-state index in [4.69, 9.17) is 0 Å². The number of fused-ring (bicyclic) bond motifs is 3. The van der Waals surface area contributed by atoms with Gasteiger partial charge in [0, 0.05) is 6.04 Å². The predicted molar refractivity (Wildman–Crippen MR) is 74.1 cm³/mol. The van der Waals surface area contributed by atoms with E-state index < -0.39 is 0 Å². The van der Waals surface area contributed by atoms with Gasteiger partial charge in [0.25, 0.3) is 0 Å². The molecule has 4 rings (SSSR count). The van der Waals surface area contributed by atoms with Crippen LogP contribution in [0.3, 0.4) is 0 Å². The van der Waals surface area contributed by atoms with Crippen molar-refractivity contribution >= 4 is 0 Å². The first kappa shape index (κ1) is 12.6. The molecule has 1 aromatic rings. The van der Waals surface area contributed by atoms with Gasteiger partial charge in [0.05, 0.1) is 0 Å². The number of nitrogens with one attached hydrogen (secondary N) is 1. The summed E-state index contributed by atoms with van der Waals surface area (Å²) in [5.41, 5.74) is 1.52. The maximum Gasteiger partial charge on any atom is 0.00701 e. The zero-order chi connectivity index (χ0) is 12.1. The van der Waals surface area contributed by atoms with Gasteiger partial charge in [-0.3, -0.25) is 0 Å². The minimum absolute atomic E-state index is 0.823. The third-order valence-corrected chi connectivity index (χ3v) is 4.15. The van der Waals surface area contributed by atoms with Gasteiger partial charge in [-0.05, 0) is 49.6 Å². The molecule has 2 bridgehead atoms. The van der Waals surface area contributed by atoms with Gasteiger partial charge >= 0.3 is 0 Å². The first-order chi connectivity index (χ1) is 8.42. The van der Waals surface area contributed by atoms with Crippen LogP contribution in [0.4, 0.5) is 0 Å². The summed E-state index contributed by atoms with van der Waals surface area (Å²) in [6, 6.07) is 11.8. The molecule has 1 N–H and O–H groups in total. The van der Waals surface area contributed by atoms with Gasteiger partial charge in [-0.25, -0.2) is 0 Å². The van der Waals surface area contributed by atoms with Gasteiger partial charge in [-0.1, -0.05) is 44.2 Å². The fourth-order valence-electron chi connectivity index (χ4n) is 3.27. The van der Waals surface area contributed by atoms with E-state index in [0.717, 1.165) is 17.9 Å². The second-order valence-electron chi connectivity index (χ2n) is 5.13. The van der Waals surface area contributed by atoms with Crippen LogP contribution in [0.25, 0.3) is 0 Å². The first-order valence-electron chi connectivity index (χ1n) is 7.19. The highest BCUT2D eigenvalue weighted by Gasteiger charge is 2.34. The summed E-state index contributed by atoms with van der Waals surface area (Å²) in [7, 11) is 0. The number of piperidine rings is 2. The first-order valence-corrected chi connectivity index (χ1v) is 7.19. The van der Waals surface area contributed by atoms with Gasteiger partial charge in [0.2, 0.25) is 0 Å². The van der Waals surface area contributed by atoms with Crippen LogP contribution in [0.15, 0.2) is 30.3 Å². The van der Waals surface area contributed by atoms with Gasteiger partial charge in [-0.15, -0.1) is 0 Å². The molecule has 2 unspecified atom stereocenters. The largest absolute Gasteiger partial charge is 0.314 e. The molecule has 1 aliphatic carbocycles. The van der Waals surface area contributed by atoms with Crippen molar-refractivity contribution < 1.29 is 0 Å². The smallest absolute Gasteiger partial charge is 0.00701 e. The average molecular weight is 231 g/mol. The Bertz CT molecular complexity index is 312. The van der Waals surface area contributed by atoms with E-state index in [1.54, 1.807) is 0 Å². The van der Waals surface area contributed by atoms with Crippen molar-refractivity contribution in [3.05, 3.63) is 35.9 Å². The van der Waals surface area contributed by atoms with E-state index in [1.165, 1.54) is 37.8 Å². The maximum absolute atomic E-state index is 3.63. The van der Waals surface area contributed by atoms with Crippen molar-refractivity contribution in [3.8, 4) is 0 Å². The topological polar surface area (TPSA) is 12.0 Å². The van der Waals surface area contributed by atoms with Crippen molar-refractivity contribution in [1.82, 2.24) is 5.32 Å². The molecule has 1 heteroatoms. The standard InChI is InChI=1S/C14H19N.C2H6/c1-2-4-11(5-3-1)8-13-9-14-7-6-12(13)10-15-14;1-2/h1-5,12-15H,6-10H2;1-2H3/t12?,13-,14?;/m1./s1. The summed E-state index contributed by atoms with van der Waals surface area (Å²) in [4.78, 5) is 0. The average Bonchev–Trinajstić information content (AvgIpc) is 2.43. The Morgan fingerprint density at radius 2 is 1.88 bits per heavy atom. The fourth-order valence-corrected chi connectivity index (χ4v) is 3.27. The molecule has 2 saturated heterocycles. The van der Waals surface area contributed by atoms with Crippen LogP contribution < -0.4 is 5.32 Å². The van der Waals surface area contributed by atoms with E-state index in [-0.39, 0.29) is 0 Å². The molecular formula is C16H25N. The molecule has 1 saturated carbocycles. The lowest BCUT2D eigenvalue weighted by atomic mass is 9.71. The molecule has 2 aliphatic heterocycles. The maximum atomic E-state index is 3.63. The summed E-state index contributed by atoms with van der Waals surface area (Å²) in [5.74, 6) is 1.88. The second-order valence-corrected chi connectivity index (χ2v) is 5.13. The highest BCUT2D eigenvalue weighted by atomic mass is 14.9. The molecule has 3 aliphatic rings.